The van der Waals surface area contributed by atoms with Gasteiger partial charge < -0.3 is 4.74 Å². The Labute approximate surface area is 99.3 Å². The molecule has 1 saturated carbocycles. The van der Waals surface area contributed by atoms with Crippen LogP contribution in [0.1, 0.15) is 47.5 Å². The van der Waals surface area contributed by atoms with Gasteiger partial charge in [-0.3, -0.25) is 0 Å². The Bertz CT molecular complexity index is 352. The second-order valence-electron chi connectivity index (χ2n) is 7.52. The highest BCUT2D eigenvalue weighted by atomic mass is 16.5. The van der Waals surface area contributed by atoms with E-state index in [1.54, 1.807) is 0 Å². The summed E-state index contributed by atoms with van der Waals surface area (Å²) in [5, 5.41) is 0. The number of allylic oxidation sites excluding steroid dienone is 2. The molecule has 1 aliphatic heterocycles. The quantitative estimate of drug-likeness (QED) is 0.564. The van der Waals surface area contributed by atoms with E-state index in [9.17, 15) is 0 Å². The van der Waals surface area contributed by atoms with Crippen LogP contribution in [0.5, 0.6) is 0 Å². The third kappa shape index (κ3) is 1.21. The molecule has 0 radical (unpaired) electrons. The Morgan fingerprint density at radius 2 is 1.75 bits per heavy atom. The van der Waals surface area contributed by atoms with Gasteiger partial charge in [-0.15, -0.1) is 0 Å². The average Bonchev–Trinajstić information content (AvgIpc) is 2.54. The lowest BCUT2D eigenvalue weighted by Crippen LogP contribution is -2.57. The van der Waals surface area contributed by atoms with Gasteiger partial charge in [0, 0.05) is 0 Å². The van der Waals surface area contributed by atoms with Crippen molar-refractivity contribution in [1.82, 2.24) is 0 Å². The third-order valence-corrected chi connectivity index (χ3v) is 5.20. The third-order valence-electron chi connectivity index (χ3n) is 5.20. The summed E-state index contributed by atoms with van der Waals surface area (Å²) in [6, 6.07) is 0. The lowest BCUT2D eigenvalue weighted by atomic mass is 9.58. The first-order chi connectivity index (χ1) is 7.25. The fourth-order valence-corrected chi connectivity index (χ4v) is 5.46. The molecule has 0 aromatic heterocycles. The summed E-state index contributed by atoms with van der Waals surface area (Å²) in [5.74, 6) is 2.27. The summed E-state index contributed by atoms with van der Waals surface area (Å²) in [6.45, 7) is 11.6. The van der Waals surface area contributed by atoms with Gasteiger partial charge in [-0.2, -0.15) is 0 Å². The lowest BCUT2D eigenvalue weighted by Gasteiger charge is -2.57. The van der Waals surface area contributed by atoms with Gasteiger partial charge in [0.25, 0.3) is 0 Å². The van der Waals surface area contributed by atoms with Gasteiger partial charge in [0.1, 0.15) is 0 Å². The Morgan fingerprint density at radius 1 is 1.06 bits per heavy atom. The summed E-state index contributed by atoms with van der Waals surface area (Å²) < 4.78 is 6.36. The highest BCUT2D eigenvalue weighted by molar-refractivity contribution is 5.23. The van der Waals surface area contributed by atoms with Crippen molar-refractivity contribution in [2.24, 2.45) is 23.2 Å². The smallest absolute Gasteiger partial charge is 0.0672 e. The Hall–Kier alpha value is -0.300. The van der Waals surface area contributed by atoms with E-state index in [0.717, 1.165) is 11.8 Å². The second-order valence-corrected chi connectivity index (χ2v) is 7.52. The van der Waals surface area contributed by atoms with E-state index in [2.05, 4.69) is 46.8 Å². The molecule has 3 aliphatic rings. The Morgan fingerprint density at radius 3 is 2.44 bits per heavy atom. The molecule has 1 saturated heterocycles. The molecular weight excluding hydrogens is 196 g/mol. The zero-order valence-electron chi connectivity index (χ0n) is 11.2. The highest BCUT2D eigenvalue weighted by Crippen LogP contribution is 2.65. The summed E-state index contributed by atoms with van der Waals surface area (Å²) in [7, 11) is 0. The van der Waals surface area contributed by atoms with Crippen LogP contribution in [0.15, 0.2) is 12.2 Å². The number of ether oxygens (including phenoxy) is 1. The molecule has 1 nitrogen and oxygen atoms in total. The molecule has 90 valence electrons. The van der Waals surface area contributed by atoms with E-state index in [0.29, 0.717) is 11.3 Å². The van der Waals surface area contributed by atoms with E-state index >= 15 is 0 Å². The van der Waals surface area contributed by atoms with Crippen molar-refractivity contribution in [1.29, 1.82) is 0 Å². The average molecular weight is 220 g/mol. The number of rotatable bonds is 0. The van der Waals surface area contributed by atoms with Crippen LogP contribution in [0.25, 0.3) is 0 Å². The fraction of sp³-hybridized carbons (Fsp3) is 0.867. The maximum atomic E-state index is 6.36. The van der Waals surface area contributed by atoms with E-state index in [1.165, 1.54) is 12.8 Å². The molecule has 4 atom stereocenters. The summed E-state index contributed by atoms with van der Waals surface area (Å²) in [4.78, 5) is 0. The molecule has 16 heavy (non-hydrogen) atoms. The first kappa shape index (κ1) is 10.8. The molecule has 3 rings (SSSR count). The zero-order valence-corrected chi connectivity index (χ0v) is 11.2. The monoisotopic (exact) mass is 220 g/mol. The largest absolute Gasteiger partial charge is 0.369 e. The molecule has 2 aliphatic carbocycles. The number of hydrogen-bond acceptors (Lipinski definition) is 1. The van der Waals surface area contributed by atoms with Crippen molar-refractivity contribution in [2.75, 3.05) is 0 Å². The molecule has 1 heterocycles. The molecule has 1 heteroatoms. The van der Waals surface area contributed by atoms with E-state index in [4.69, 9.17) is 4.74 Å². The SMILES string of the molecule is CC1(C)CC2(C)C3C=CC(C3)C2C(C)(C)O1. The predicted molar refractivity (Wildman–Crippen MR) is 66.2 cm³/mol. The number of fused-ring (bicyclic) bond motifs is 5. The van der Waals surface area contributed by atoms with Crippen LogP contribution >= 0.6 is 0 Å². The van der Waals surface area contributed by atoms with Crippen molar-refractivity contribution in [3.05, 3.63) is 12.2 Å². The van der Waals surface area contributed by atoms with E-state index in [-0.39, 0.29) is 11.2 Å². The standard InChI is InChI=1S/C15H24O/c1-13(2)9-15(5)11-7-6-10(8-11)12(15)14(3,4)16-13/h6-7,10-12H,8-9H2,1-5H3. The van der Waals surface area contributed by atoms with Gasteiger partial charge in [0.15, 0.2) is 0 Å². The van der Waals surface area contributed by atoms with Gasteiger partial charge in [0.05, 0.1) is 11.2 Å². The fourth-order valence-electron chi connectivity index (χ4n) is 5.46. The lowest BCUT2D eigenvalue weighted by molar-refractivity contribution is -0.233. The Kier molecular flexibility index (Phi) is 1.86. The highest BCUT2D eigenvalue weighted by Gasteiger charge is 2.63. The minimum absolute atomic E-state index is 0.0284. The van der Waals surface area contributed by atoms with Crippen LogP contribution < -0.4 is 0 Å². The van der Waals surface area contributed by atoms with Crippen LogP contribution in [0.3, 0.4) is 0 Å². The maximum absolute atomic E-state index is 6.36. The zero-order chi connectivity index (χ0) is 11.8. The predicted octanol–water partition coefficient (Wildman–Crippen LogP) is 3.79. The van der Waals surface area contributed by atoms with Gasteiger partial charge in [-0.25, -0.2) is 0 Å². The van der Waals surface area contributed by atoms with Crippen LogP contribution in [0.4, 0.5) is 0 Å². The van der Waals surface area contributed by atoms with Gasteiger partial charge in [-0.05, 0) is 63.7 Å². The maximum Gasteiger partial charge on any atom is 0.0672 e. The second kappa shape index (κ2) is 2.75. The van der Waals surface area contributed by atoms with Gasteiger partial charge in [0.2, 0.25) is 0 Å². The van der Waals surface area contributed by atoms with Crippen LogP contribution in [0, 0.1) is 23.2 Å². The number of hydrogen-bond donors (Lipinski definition) is 0. The van der Waals surface area contributed by atoms with Crippen molar-refractivity contribution < 1.29 is 4.74 Å². The molecular formula is C15H24O. The van der Waals surface area contributed by atoms with Crippen molar-refractivity contribution in [3.63, 3.8) is 0 Å². The van der Waals surface area contributed by atoms with Crippen LogP contribution in [0.2, 0.25) is 0 Å². The summed E-state index contributed by atoms with van der Waals surface area (Å²) in [6.07, 6.45) is 7.49. The van der Waals surface area contributed by atoms with Crippen molar-refractivity contribution in [3.8, 4) is 0 Å². The molecule has 4 unspecified atom stereocenters. The first-order valence-corrected chi connectivity index (χ1v) is 6.63. The minimum atomic E-state index is 0.0284. The minimum Gasteiger partial charge on any atom is -0.369 e. The Balaban J connectivity index is 2.07. The molecule has 2 bridgehead atoms. The molecule has 0 aromatic rings. The molecule has 0 N–H and O–H groups in total. The van der Waals surface area contributed by atoms with Crippen LogP contribution in [-0.2, 0) is 4.74 Å². The van der Waals surface area contributed by atoms with E-state index < -0.39 is 0 Å². The van der Waals surface area contributed by atoms with Crippen molar-refractivity contribution >= 4 is 0 Å². The van der Waals surface area contributed by atoms with Gasteiger partial charge >= 0.3 is 0 Å². The topological polar surface area (TPSA) is 9.23 Å². The van der Waals surface area contributed by atoms with Crippen LogP contribution in [-0.4, -0.2) is 11.2 Å². The normalized spacial score (nSPS) is 51.7. The van der Waals surface area contributed by atoms with E-state index in [1.807, 2.05) is 0 Å². The molecule has 0 spiro atoms. The molecule has 0 aromatic carbocycles. The van der Waals surface area contributed by atoms with Gasteiger partial charge in [-0.1, -0.05) is 19.1 Å². The summed E-state index contributed by atoms with van der Waals surface area (Å²) in [5.41, 5.74) is 0.526. The molecule has 0 amide bonds. The summed E-state index contributed by atoms with van der Waals surface area (Å²) >= 11 is 0. The first-order valence-electron chi connectivity index (χ1n) is 6.63. The molecule has 2 fully saturated rings. The van der Waals surface area contributed by atoms with Crippen molar-refractivity contribution in [2.45, 2.75) is 58.7 Å².